The van der Waals surface area contributed by atoms with Gasteiger partial charge in [0.15, 0.2) is 0 Å². The van der Waals surface area contributed by atoms with Gasteiger partial charge in [-0.2, -0.15) is 0 Å². The average Bonchev–Trinajstić information content (AvgIpc) is 2.69. The van der Waals surface area contributed by atoms with E-state index in [1.54, 1.807) is 0 Å². The minimum absolute atomic E-state index is 0.0660. The lowest BCUT2D eigenvalue weighted by molar-refractivity contribution is -0.122. The lowest BCUT2D eigenvalue weighted by Crippen LogP contribution is -2.42. The zero-order valence-electron chi connectivity index (χ0n) is 11.9. The summed E-state index contributed by atoms with van der Waals surface area (Å²) in [5.74, 6) is 0.0660. The molecule has 2 rings (SSSR count). The van der Waals surface area contributed by atoms with Crippen molar-refractivity contribution in [3.05, 3.63) is 35.9 Å². The molecule has 3 N–H and O–H groups in total. The third-order valence-electron chi connectivity index (χ3n) is 4.23. The molecule has 1 aliphatic rings. The molecule has 2 atom stereocenters. The van der Waals surface area contributed by atoms with Gasteiger partial charge in [0, 0.05) is 18.5 Å². The van der Waals surface area contributed by atoms with Crippen LogP contribution in [0.25, 0.3) is 0 Å². The Kier molecular flexibility index (Phi) is 4.25. The van der Waals surface area contributed by atoms with E-state index in [9.17, 15) is 4.79 Å². The van der Waals surface area contributed by atoms with Crippen molar-refractivity contribution in [3.8, 4) is 0 Å². The van der Waals surface area contributed by atoms with Crippen molar-refractivity contribution in [3.63, 3.8) is 0 Å². The normalized spacial score (nSPS) is 23.0. The van der Waals surface area contributed by atoms with Gasteiger partial charge in [-0.1, -0.05) is 50.6 Å². The zero-order chi connectivity index (χ0) is 13.9. The van der Waals surface area contributed by atoms with Crippen molar-refractivity contribution in [1.29, 1.82) is 0 Å². The molecule has 1 saturated carbocycles. The third kappa shape index (κ3) is 3.57. The molecule has 1 amide bonds. The summed E-state index contributed by atoms with van der Waals surface area (Å²) >= 11 is 0. The number of carbonyl (C=O) groups excluding carboxylic acids is 1. The van der Waals surface area contributed by atoms with E-state index >= 15 is 0 Å². The van der Waals surface area contributed by atoms with E-state index in [2.05, 4.69) is 19.2 Å². The molecule has 19 heavy (non-hydrogen) atoms. The first-order valence-electron chi connectivity index (χ1n) is 7.09. The molecule has 1 aliphatic carbocycles. The molecule has 0 spiro atoms. The topological polar surface area (TPSA) is 55.1 Å². The van der Waals surface area contributed by atoms with Crippen molar-refractivity contribution in [1.82, 2.24) is 5.32 Å². The van der Waals surface area contributed by atoms with E-state index < -0.39 is 0 Å². The lowest BCUT2D eigenvalue weighted by Gasteiger charge is -2.28. The van der Waals surface area contributed by atoms with Crippen LogP contribution in [0.5, 0.6) is 0 Å². The second kappa shape index (κ2) is 5.74. The molecule has 2 unspecified atom stereocenters. The van der Waals surface area contributed by atoms with Crippen LogP contribution in [-0.4, -0.2) is 11.9 Å². The summed E-state index contributed by atoms with van der Waals surface area (Å²) in [5, 5.41) is 3.15. The predicted molar refractivity (Wildman–Crippen MR) is 77.6 cm³/mol. The Morgan fingerprint density at radius 1 is 1.42 bits per heavy atom. The Morgan fingerprint density at radius 3 is 2.68 bits per heavy atom. The second-order valence-corrected chi connectivity index (χ2v) is 6.22. The Bertz CT molecular complexity index is 428. The van der Waals surface area contributed by atoms with Gasteiger partial charge in [-0.05, 0) is 23.8 Å². The highest BCUT2D eigenvalue weighted by Gasteiger charge is 2.35. The van der Waals surface area contributed by atoms with Crippen molar-refractivity contribution in [2.24, 2.45) is 11.1 Å². The zero-order valence-corrected chi connectivity index (χ0v) is 11.9. The van der Waals surface area contributed by atoms with Crippen LogP contribution >= 0.6 is 0 Å². The number of nitrogens with two attached hydrogens (primary N) is 1. The van der Waals surface area contributed by atoms with E-state index in [0.29, 0.717) is 12.5 Å². The average molecular weight is 260 g/mol. The monoisotopic (exact) mass is 260 g/mol. The highest BCUT2D eigenvalue weighted by Crippen LogP contribution is 2.37. The number of hydrogen-bond acceptors (Lipinski definition) is 2. The Hall–Kier alpha value is -1.35. The lowest BCUT2D eigenvalue weighted by atomic mass is 9.87. The highest BCUT2D eigenvalue weighted by atomic mass is 16.1. The Morgan fingerprint density at radius 2 is 2.11 bits per heavy atom. The molecular formula is C16H24N2O. The molecule has 1 fully saturated rings. The quantitative estimate of drug-likeness (QED) is 0.874. The number of carbonyl (C=O) groups is 1. The van der Waals surface area contributed by atoms with Gasteiger partial charge in [0.2, 0.25) is 5.91 Å². The first kappa shape index (κ1) is 14.1. The second-order valence-electron chi connectivity index (χ2n) is 6.22. The number of rotatable bonds is 4. The fraction of sp³-hybridized carbons (Fsp3) is 0.562. The van der Waals surface area contributed by atoms with E-state index in [4.69, 9.17) is 5.73 Å². The number of hydrogen-bond donors (Lipinski definition) is 2. The van der Waals surface area contributed by atoms with Gasteiger partial charge < -0.3 is 11.1 Å². The molecule has 1 aromatic rings. The van der Waals surface area contributed by atoms with Crippen LogP contribution in [0.1, 0.15) is 51.1 Å². The first-order chi connectivity index (χ1) is 8.99. The van der Waals surface area contributed by atoms with Gasteiger partial charge in [0.1, 0.15) is 0 Å². The summed E-state index contributed by atoms with van der Waals surface area (Å²) in [6.07, 6.45) is 3.82. The van der Waals surface area contributed by atoms with Gasteiger partial charge in [-0.3, -0.25) is 4.79 Å². The van der Waals surface area contributed by atoms with Crippen molar-refractivity contribution >= 4 is 5.91 Å². The SMILES string of the molecule is CC1(C)CCCC1NC(=O)CC(N)c1ccccc1. The van der Waals surface area contributed by atoms with Crippen LogP contribution in [0.3, 0.4) is 0 Å². The molecule has 0 radical (unpaired) electrons. The molecule has 0 aromatic heterocycles. The molecule has 3 heteroatoms. The summed E-state index contributed by atoms with van der Waals surface area (Å²) in [6.45, 7) is 4.45. The number of amides is 1. The molecule has 104 valence electrons. The molecule has 0 bridgehead atoms. The van der Waals surface area contributed by atoms with Gasteiger partial charge in [-0.25, -0.2) is 0 Å². The van der Waals surface area contributed by atoms with E-state index in [0.717, 1.165) is 12.0 Å². The summed E-state index contributed by atoms with van der Waals surface area (Å²) in [4.78, 5) is 12.1. The van der Waals surface area contributed by atoms with E-state index in [1.165, 1.54) is 12.8 Å². The third-order valence-corrected chi connectivity index (χ3v) is 4.23. The van der Waals surface area contributed by atoms with Crippen LogP contribution in [-0.2, 0) is 4.79 Å². The van der Waals surface area contributed by atoms with Crippen LogP contribution in [0.4, 0.5) is 0 Å². The van der Waals surface area contributed by atoms with Crippen LogP contribution < -0.4 is 11.1 Å². The van der Waals surface area contributed by atoms with Crippen LogP contribution in [0.15, 0.2) is 30.3 Å². The maximum absolute atomic E-state index is 12.1. The minimum atomic E-state index is -0.217. The maximum atomic E-state index is 12.1. The molecule has 0 heterocycles. The number of nitrogens with one attached hydrogen (secondary N) is 1. The Balaban J connectivity index is 1.88. The summed E-state index contributed by atoms with van der Waals surface area (Å²) in [7, 11) is 0. The predicted octanol–water partition coefficient (Wildman–Crippen LogP) is 2.77. The minimum Gasteiger partial charge on any atom is -0.353 e. The largest absolute Gasteiger partial charge is 0.353 e. The molecule has 0 saturated heterocycles. The fourth-order valence-electron chi connectivity index (χ4n) is 2.87. The van der Waals surface area contributed by atoms with E-state index in [-0.39, 0.29) is 17.4 Å². The molecule has 3 nitrogen and oxygen atoms in total. The first-order valence-corrected chi connectivity index (χ1v) is 7.09. The number of benzene rings is 1. The van der Waals surface area contributed by atoms with Gasteiger partial charge in [0.05, 0.1) is 0 Å². The van der Waals surface area contributed by atoms with Gasteiger partial charge >= 0.3 is 0 Å². The highest BCUT2D eigenvalue weighted by molar-refractivity contribution is 5.77. The summed E-state index contributed by atoms with van der Waals surface area (Å²) < 4.78 is 0. The molecular weight excluding hydrogens is 236 g/mol. The van der Waals surface area contributed by atoms with Crippen molar-refractivity contribution < 1.29 is 4.79 Å². The van der Waals surface area contributed by atoms with Gasteiger partial charge in [0.25, 0.3) is 0 Å². The standard InChI is InChI=1S/C16H24N2O/c1-16(2)10-6-9-14(16)18-15(19)11-13(17)12-7-4-3-5-8-12/h3-5,7-8,13-14H,6,9-11,17H2,1-2H3,(H,18,19). The molecule has 1 aromatic carbocycles. The van der Waals surface area contributed by atoms with Crippen LogP contribution in [0, 0.1) is 5.41 Å². The van der Waals surface area contributed by atoms with Crippen molar-refractivity contribution in [2.45, 2.75) is 51.6 Å². The smallest absolute Gasteiger partial charge is 0.222 e. The molecule has 0 aliphatic heterocycles. The maximum Gasteiger partial charge on any atom is 0.222 e. The summed E-state index contributed by atoms with van der Waals surface area (Å²) in [5.41, 5.74) is 7.31. The van der Waals surface area contributed by atoms with E-state index in [1.807, 2.05) is 30.3 Å². The van der Waals surface area contributed by atoms with Gasteiger partial charge in [-0.15, -0.1) is 0 Å². The summed E-state index contributed by atoms with van der Waals surface area (Å²) in [6, 6.07) is 9.88. The van der Waals surface area contributed by atoms with Crippen LogP contribution in [0.2, 0.25) is 0 Å². The Labute approximate surface area is 115 Å². The van der Waals surface area contributed by atoms with Crippen molar-refractivity contribution in [2.75, 3.05) is 0 Å². The fourth-order valence-corrected chi connectivity index (χ4v) is 2.87.